The molecule has 0 spiro atoms. The molecule has 0 aliphatic heterocycles. The van der Waals surface area contributed by atoms with Crippen LogP contribution in [0, 0.1) is 11.3 Å². The van der Waals surface area contributed by atoms with Crippen LogP contribution in [0.2, 0.25) is 0 Å². The average Bonchev–Trinajstić information content (AvgIpc) is 2.85. The standard InChI is InChI=1S/C27H45N7O6/c1-6-21(18(2)17-33(3)4)19-9-7-10-20(15-19)40-27(39)34(5)14-13-30-25(38)22(11-8-12-31-26(28)29)32-23(35)16-24(36)37/h7,9-10,15,18,21-22H,6,8,11-14,16-17H2,1-5H3,(H,30,38)(H,32,35)(H,36,37)(H4,28,29,31)/t18-,21+,22-/m0/s1. The van der Waals surface area contributed by atoms with E-state index in [-0.39, 0.29) is 25.5 Å². The molecule has 13 heteroatoms. The lowest BCUT2D eigenvalue weighted by Crippen LogP contribution is -2.49. The number of amides is 3. The molecular weight excluding hydrogens is 518 g/mol. The molecule has 0 aromatic heterocycles. The fraction of sp³-hybridized carbons (Fsp3) is 0.593. The van der Waals surface area contributed by atoms with E-state index in [0.29, 0.717) is 30.6 Å². The summed E-state index contributed by atoms with van der Waals surface area (Å²) in [6.07, 6.45) is 0.193. The van der Waals surface area contributed by atoms with E-state index in [0.717, 1.165) is 18.5 Å². The van der Waals surface area contributed by atoms with Crippen molar-refractivity contribution in [1.82, 2.24) is 25.8 Å². The first-order valence-corrected chi connectivity index (χ1v) is 13.4. The molecule has 1 rings (SSSR count). The summed E-state index contributed by atoms with van der Waals surface area (Å²) in [6, 6.07) is 6.54. The maximum Gasteiger partial charge on any atom is 0.415 e. The van der Waals surface area contributed by atoms with Gasteiger partial charge in [-0.15, -0.1) is 0 Å². The lowest BCUT2D eigenvalue weighted by Gasteiger charge is -2.26. The maximum absolute atomic E-state index is 12.7. The fourth-order valence-electron chi connectivity index (χ4n) is 4.40. The van der Waals surface area contributed by atoms with Crippen molar-refractivity contribution in [3.63, 3.8) is 0 Å². The van der Waals surface area contributed by atoms with Gasteiger partial charge in [0.2, 0.25) is 11.8 Å². The third kappa shape index (κ3) is 13.3. The van der Waals surface area contributed by atoms with Crippen LogP contribution in [0.1, 0.15) is 51.0 Å². The van der Waals surface area contributed by atoms with Crippen molar-refractivity contribution in [3.05, 3.63) is 29.8 Å². The summed E-state index contributed by atoms with van der Waals surface area (Å²) in [5.74, 6) is -1.67. The van der Waals surface area contributed by atoms with Crippen LogP contribution in [-0.2, 0) is 14.4 Å². The molecular formula is C27H45N7O6. The summed E-state index contributed by atoms with van der Waals surface area (Å²) in [6.45, 7) is 5.82. The number of carboxylic acid groups (broad SMARTS) is 1. The molecule has 0 saturated carbocycles. The van der Waals surface area contributed by atoms with Crippen LogP contribution in [0.3, 0.4) is 0 Å². The zero-order valence-corrected chi connectivity index (χ0v) is 24.2. The number of benzene rings is 1. The number of carbonyl (C=O) groups is 4. The molecule has 0 fully saturated rings. The minimum Gasteiger partial charge on any atom is -0.481 e. The maximum atomic E-state index is 12.7. The molecule has 1 aromatic carbocycles. The number of ether oxygens (including phenoxy) is 1. The monoisotopic (exact) mass is 563 g/mol. The number of guanidine groups is 1. The largest absolute Gasteiger partial charge is 0.481 e. The first kappa shape index (κ1) is 34.2. The minimum atomic E-state index is -1.31. The first-order valence-electron chi connectivity index (χ1n) is 13.4. The van der Waals surface area contributed by atoms with Crippen molar-refractivity contribution in [1.29, 1.82) is 5.41 Å². The molecule has 13 nitrogen and oxygen atoms in total. The van der Waals surface area contributed by atoms with Crippen LogP contribution < -0.4 is 26.4 Å². The lowest BCUT2D eigenvalue weighted by atomic mass is 9.85. The second-order valence-electron chi connectivity index (χ2n) is 10.1. The molecule has 0 radical (unpaired) electrons. The number of likely N-dealkylation sites (N-methyl/N-ethyl adjacent to an activating group) is 1. The van der Waals surface area contributed by atoms with Gasteiger partial charge >= 0.3 is 12.1 Å². The van der Waals surface area contributed by atoms with Crippen molar-refractivity contribution in [2.75, 3.05) is 47.3 Å². The molecule has 0 bridgehead atoms. The van der Waals surface area contributed by atoms with Crippen LogP contribution in [0.5, 0.6) is 5.75 Å². The zero-order valence-electron chi connectivity index (χ0n) is 24.2. The molecule has 40 heavy (non-hydrogen) atoms. The van der Waals surface area contributed by atoms with E-state index in [9.17, 15) is 19.2 Å². The Bertz CT molecular complexity index is 1000. The lowest BCUT2D eigenvalue weighted by molar-refractivity contribution is -0.141. The van der Waals surface area contributed by atoms with Crippen molar-refractivity contribution >= 4 is 29.8 Å². The van der Waals surface area contributed by atoms with E-state index in [2.05, 4.69) is 34.7 Å². The Morgan fingerprint density at radius 1 is 1.12 bits per heavy atom. The van der Waals surface area contributed by atoms with Crippen LogP contribution >= 0.6 is 0 Å². The van der Waals surface area contributed by atoms with E-state index < -0.39 is 36.3 Å². The topological polar surface area (TPSA) is 190 Å². The molecule has 0 unspecified atom stereocenters. The van der Waals surface area contributed by atoms with Gasteiger partial charge in [0, 0.05) is 33.2 Å². The third-order valence-electron chi connectivity index (χ3n) is 6.28. The van der Waals surface area contributed by atoms with Gasteiger partial charge in [-0.3, -0.25) is 19.8 Å². The number of nitrogens with two attached hydrogens (primary N) is 1. The van der Waals surface area contributed by atoms with Crippen LogP contribution in [0.4, 0.5) is 4.79 Å². The van der Waals surface area contributed by atoms with Crippen LogP contribution in [0.15, 0.2) is 24.3 Å². The normalized spacial score (nSPS) is 13.1. The Kier molecular flexibility index (Phi) is 15.1. The predicted molar refractivity (Wildman–Crippen MR) is 152 cm³/mol. The minimum absolute atomic E-state index is 0.0848. The number of carbonyl (C=O) groups excluding carboxylic acids is 3. The van der Waals surface area contributed by atoms with Gasteiger partial charge in [-0.2, -0.15) is 0 Å². The van der Waals surface area contributed by atoms with Crippen LogP contribution in [-0.4, -0.2) is 98.1 Å². The highest BCUT2D eigenvalue weighted by Gasteiger charge is 2.22. The summed E-state index contributed by atoms with van der Waals surface area (Å²) >= 11 is 0. The number of nitrogens with one attached hydrogen (secondary N) is 4. The smallest absolute Gasteiger partial charge is 0.415 e. The van der Waals surface area contributed by atoms with Crippen molar-refractivity contribution in [3.8, 4) is 5.75 Å². The Labute approximate surface area is 236 Å². The second-order valence-corrected chi connectivity index (χ2v) is 10.1. The SMILES string of the molecule is CC[C@@H](c1cccc(OC(=O)N(C)CCNC(=O)[C@H](CCCNC(=N)N)NC(=O)CC(=O)O)c1)[C@@H](C)CN(C)C. The van der Waals surface area contributed by atoms with Gasteiger partial charge in [0.05, 0.1) is 0 Å². The second kappa shape index (κ2) is 17.7. The fourth-order valence-corrected chi connectivity index (χ4v) is 4.40. The molecule has 0 saturated heterocycles. The Morgan fingerprint density at radius 3 is 2.42 bits per heavy atom. The summed E-state index contributed by atoms with van der Waals surface area (Å²) in [4.78, 5) is 51.6. The number of hydrogen-bond acceptors (Lipinski definition) is 7. The summed E-state index contributed by atoms with van der Waals surface area (Å²) in [5.41, 5.74) is 6.34. The first-order chi connectivity index (χ1) is 18.8. The molecule has 0 aliphatic rings. The summed E-state index contributed by atoms with van der Waals surface area (Å²) < 4.78 is 5.57. The van der Waals surface area contributed by atoms with Crippen molar-refractivity contribution in [2.24, 2.45) is 11.7 Å². The van der Waals surface area contributed by atoms with Gasteiger partial charge in [0.15, 0.2) is 5.96 Å². The highest BCUT2D eigenvalue weighted by atomic mass is 16.6. The highest BCUT2D eigenvalue weighted by Crippen LogP contribution is 2.30. The number of nitrogens with zero attached hydrogens (tertiary/aromatic N) is 2. The molecule has 3 amide bonds. The molecule has 7 N–H and O–H groups in total. The van der Waals surface area contributed by atoms with Gasteiger partial charge in [-0.25, -0.2) is 4.79 Å². The van der Waals surface area contributed by atoms with Crippen molar-refractivity contribution in [2.45, 2.75) is 51.5 Å². The molecule has 0 heterocycles. The number of hydrogen-bond donors (Lipinski definition) is 6. The number of carboxylic acids is 1. The number of rotatable bonds is 17. The summed E-state index contributed by atoms with van der Waals surface area (Å²) in [5, 5.41) is 23.7. The van der Waals surface area contributed by atoms with Crippen LogP contribution in [0.25, 0.3) is 0 Å². The van der Waals surface area contributed by atoms with Gasteiger partial charge in [-0.1, -0.05) is 26.0 Å². The zero-order chi connectivity index (χ0) is 30.2. The third-order valence-corrected chi connectivity index (χ3v) is 6.28. The Morgan fingerprint density at radius 2 is 1.82 bits per heavy atom. The van der Waals surface area contributed by atoms with Crippen molar-refractivity contribution < 1.29 is 29.0 Å². The van der Waals surface area contributed by atoms with Gasteiger partial charge in [0.1, 0.15) is 18.2 Å². The molecule has 3 atom stereocenters. The number of aliphatic carboxylic acids is 1. The molecule has 1 aromatic rings. The van der Waals surface area contributed by atoms with E-state index >= 15 is 0 Å². The Hall–Kier alpha value is -3.87. The van der Waals surface area contributed by atoms with E-state index in [4.69, 9.17) is 21.0 Å². The predicted octanol–water partition coefficient (Wildman–Crippen LogP) is 1.15. The van der Waals surface area contributed by atoms with E-state index in [1.54, 1.807) is 13.1 Å². The molecule has 0 aliphatic carbocycles. The average molecular weight is 564 g/mol. The molecule has 224 valence electrons. The van der Waals surface area contributed by atoms with Gasteiger partial charge in [-0.05, 0) is 62.9 Å². The van der Waals surface area contributed by atoms with E-state index in [1.807, 2.05) is 32.3 Å². The Balaban J connectivity index is 2.68. The van der Waals surface area contributed by atoms with E-state index in [1.165, 1.54) is 4.90 Å². The van der Waals surface area contributed by atoms with Gasteiger partial charge in [0.25, 0.3) is 0 Å². The summed E-state index contributed by atoms with van der Waals surface area (Å²) in [7, 11) is 5.64. The highest BCUT2D eigenvalue weighted by molar-refractivity contribution is 5.96. The van der Waals surface area contributed by atoms with Gasteiger partial charge < -0.3 is 41.3 Å². The quantitative estimate of drug-likeness (QED) is 0.0698.